The Morgan fingerprint density at radius 3 is 2.61 bits per heavy atom. The lowest BCUT2D eigenvalue weighted by Crippen LogP contribution is -2.66. The van der Waals surface area contributed by atoms with Crippen molar-refractivity contribution in [1.82, 2.24) is 14.7 Å². The molecule has 0 radical (unpaired) electrons. The molecule has 0 spiro atoms. The molecule has 0 atom stereocenters. The van der Waals surface area contributed by atoms with Crippen molar-refractivity contribution >= 4 is 0 Å². The maximum absolute atomic E-state index is 6.30. The summed E-state index contributed by atoms with van der Waals surface area (Å²) in [6.45, 7) is 10.5. The Hall–Kier alpha value is -0.870. The Balaban J connectivity index is 1.93. The highest BCUT2D eigenvalue weighted by Crippen LogP contribution is 2.25. The van der Waals surface area contributed by atoms with Gasteiger partial charge in [-0.1, -0.05) is 20.3 Å². The summed E-state index contributed by atoms with van der Waals surface area (Å²) in [5, 5.41) is 4.59. The molecular formula is C14H26N4. The van der Waals surface area contributed by atoms with Crippen LogP contribution >= 0.6 is 0 Å². The molecule has 2 rings (SSSR count). The van der Waals surface area contributed by atoms with Gasteiger partial charge in [-0.3, -0.25) is 9.58 Å². The maximum Gasteiger partial charge on any atom is 0.0625 e. The van der Waals surface area contributed by atoms with Crippen LogP contribution < -0.4 is 5.73 Å². The Kier molecular flexibility index (Phi) is 4.07. The summed E-state index contributed by atoms with van der Waals surface area (Å²) in [5.74, 6) is 0. The van der Waals surface area contributed by atoms with Gasteiger partial charge < -0.3 is 5.73 Å². The fourth-order valence-electron chi connectivity index (χ4n) is 2.93. The lowest BCUT2D eigenvalue weighted by molar-refractivity contribution is 0.0543. The number of nitrogens with two attached hydrogens (primary N) is 1. The lowest BCUT2D eigenvalue weighted by atomic mass is 9.86. The second-order valence-electron chi connectivity index (χ2n) is 5.55. The fraction of sp³-hybridized carbons (Fsp3) is 0.786. The molecule has 4 nitrogen and oxygen atoms in total. The summed E-state index contributed by atoms with van der Waals surface area (Å²) in [4.78, 5) is 2.43. The van der Waals surface area contributed by atoms with E-state index in [-0.39, 0.29) is 5.54 Å². The number of nitrogens with zero attached hydrogens (tertiary/aromatic N) is 3. The van der Waals surface area contributed by atoms with Crippen molar-refractivity contribution in [3.05, 3.63) is 17.5 Å². The van der Waals surface area contributed by atoms with Crippen molar-refractivity contribution in [2.24, 2.45) is 5.73 Å². The minimum Gasteiger partial charge on any atom is -0.323 e. The van der Waals surface area contributed by atoms with Crippen molar-refractivity contribution in [2.45, 2.75) is 58.7 Å². The van der Waals surface area contributed by atoms with Gasteiger partial charge in [0, 0.05) is 31.7 Å². The van der Waals surface area contributed by atoms with Crippen LogP contribution in [0.1, 0.15) is 45.0 Å². The van der Waals surface area contributed by atoms with Gasteiger partial charge in [-0.05, 0) is 25.8 Å². The molecule has 1 aromatic heterocycles. The van der Waals surface area contributed by atoms with Crippen LogP contribution in [0.2, 0.25) is 0 Å². The van der Waals surface area contributed by atoms with Gasteiger partial charge in [0.1, 0.15) is 0 Å². The van der Waals surface area contributed by atoms with Crippen LogP contribution in [0, 0.1) is 0 Å². The van der Waals surface area contributed by atoms with E-state index < -0.39 is 0 Å². The molecule has 1 aliphatic rings. The molecule has 0 aromatic carbocycles. The van der Waals surface area contributed by atoms with Gasteiger partial charge in [-0.2, -0.15) is 5.10 Å². The van der Waals surface area contributed by atoms with E-state index in [0.717, 1.165) is 39.0 Å². The third-order valence-corrected chi connectivity index (χ3v) is 3.79. The minimum absolute atomic E-state index is 0.0689. The lowest BCUT2D eigenvalue weighted by Gasteiger charge is -2.48. The monoisotopic (exact) mass is 250 g/mol. The molecule has 1 aliphatic heterocycles. The first-order valence-electron chi connectivity index (χ1n) is 7.17. The molecule has 2 heterocycles. The maximum atomic E-state index is 6.30. The molecule has 0 saturated carbocycles. The molecule has 1 fully saturated rings. The van der Waals surface area contributed by atoms with Crippen LogP contribution in [0.25, 0.3) is 0 Å². The summed E-state index contributed by atoms with van der Waals surface area (Å²) in [5.41, 5.74) is 8.89. The summed E-state index contributed by atoms with van der Waals surface area (Å²) >= 11 is 0. The highest BCUT2D eigenvalue weighted by Gasteiger charge is 2.38. The van der Waals surface area contributed by atoms with Crippen molar-refractivity contribution in [3.8, 4) is 0 Å². The van der Waals surface area contributed by atoms with Crippen LogP contribution in [-0.4, -0.2) is 33.3 Å². The third kappa shape index (κ3) is 2.75. The van der Waals surface area contributed by atoms with E-state index in [4.69, 9.17) is 5.73 Å². The van der Waals surface area contributed by atoms with Crippen LogP contribution in [0.15, 0.2) is 6.07 Å². The van der Waals surface area contributed by atoms with Gasteiger partial charge >= 0.3 is 0 Å². The highest BCUT2D eigenvalue weighted by atomic mass is 15.3. The molecule has 0 aliphatic carbocycles. The number of hydrogen-bond donors (Lipinski definition) is 1. The second-order valence-corrected chi connectivity index (χ2v) is 5.55. The van der Waals surface area contributed by atoms with Crippen molar-refractivity contribution in [3.63, 3.8) is 0 Å². The first kappa shape index (κ1) is 13.6. The van der Waals surface area contributed by atoms with E-state index in [0.29, 0.717) is 0 Å². The van der Waals surface area contributed by atoms with Crippen LogP contribution in [-0.2, 0) is 19.5 Å². The van der Waals surface area contributed by atoms with E-state index in [1.54, 1.807) is 0 Å². The Morgan fingerprint density at radius 2 is 2.06 bits per heavy atom. The smallest absolute Gasteiger partial charge is 0.0625 e. The third-order valence-electron chi connectivity index (χ3n) is 3.79. The van der Waals surface area contributed by atoms with Gasteiger partial charge in [0.05, 0.1) is 11.4 Å². The summed E-state index contributed by atoms with van der Waals surface area (Å²) in [6, 6.07) is 2.24. The number of hydrogen-bond acceptors (Lipinski definition) is 3. The SMILES string of the molecule is CCCC1(N)CN(Cc2cc(CC)nn2CC)C1. The van der Waals surface area contributed by atoms with Crippen LogP contribution in [0.4, 0.5) is 0 Å². The van der Waals surface area contributed by atoms with E-state index in [2.05, 4.69) is 41.5 Å². The van der Waals surface area contributed by atoms with Crippen molar-refractivity contribution in [2.75, 3.05) is 13.1 Å². The molecule has 0 amide bonds. The molecule has 1 aromatic rings. The van der Waals surface area contributed by atoms with Gasteiger partial charge in [0.15, 0.2) is 0 Å². The molecule has 18 heavy (non-hydrogen) atoms. The summed E-state index contributed by atoms with van der Waals surface area (Å²) < 4.78 is 2.12. The van der Waals surface area contributed by atoms with E-state index in [1.165, 1.54) is 17.8 Å². The molecule has 2 N–H and O–H groups in total. The number of rotatable bonds is 6. The second kappa shape index (κ2) is 5.41. The largest absolute Gasteiger partial charge is 0.323 e. The van der Waals surface area contributed by atoms with Gasteiger partial charge in [0.2, 0.25) is 0 Å². The molecule has 102 valence electrons. The van der Waals surface area contributed by atoms with Crippen molar-refractivity contribution in [1.29, 1.82) is 0 Å². The van der Waals surface area contributed by atoms with E-state index in [9.17, 15) is 0 Å². The number of aromatic nitrogens is 2. The average Bonchev–Trinajstić information content (AvgIpc) is 2.70. The quantitative estimate of drug-likeness (QED) is 0.837. The summed E-state index contributed by atoms with van der Waals surface area (Å²) in [6.07, 6.45) is 3.32. The Morgan fingerprint density at radius 1 is 1.33 bits per heavy atom. The van der Waals surface area contributed by atoms with Crippen LogP contribution in [0.3, 0.4) is 0 Å². The van der Waals surface area contributed by atoms with E-state index in [1.807, 2.05) is 0 Å². The fourth-order valence-corrected chi connectivity index (χ4v) is 2.93. The first-order chi connectivity index (χ1) is 8.60. The van der Waals surface area contributed by atoms with Crippen LogP contribution in [0.5, 0.6) is 0 Å². The Labute approximate surface area is 110 Å². The molecule has 1 saturated heterocycles. The zero-order chi connectivity index (χ0) is 13.2. The summed E-state index contributed by atoms with van der Waals surface area (Å²) in [7, 11) is 0. The molecular weight excluding hydrogens is 224 g/mol. The van der Waals surface area contributed by atoms with Gasteiger partial charge in [0.25, 0.3) is 0 Å². The molecule has 4 heteroatoms. The number of aryl methyl sites for hydroxylation is 2. The predicted octanol–water partition coefficient (Wildman–Crippen LogP) is 1.78. The molecule has 0 unspecified atom stereocenters. The van der Waals surface area contributed by atoms with Crippen molar-refractivity contribution < 1.29 is 0 Å². The highest BCUT2D eigenvalue weighted by molar-refractivity contribution is 5.12. The zero-order valence-corrected chi connectivity index (χ0v) is 11.9. The minimum atomic E-state index is 0.0689. The number of likely N-dealkylation sites (tertiary alicyclic amines) is 1. The molecule has 0 bridgehead atoms. The van der Waals surface area contributed by atoms with E-state index >= 15 is 0 Å². The predicted molar refractivity (Wildman–Crippen MR) is 74.4 cm³/mol. The van der Waals surface area contributed by atoms with Gasteiger partial charge in [-0.25, -0.2) is 0 Å². The van der Waals surface area contributed by atoms with Gasteiger partial charge in [-0.15, -0.1) is 0 Å². The average molecular weight is 250 g/mol. The normalized spacial score (nSPS) is 18.9. The Bertz CT molecular complexity index is 390. The topological polar surface area (TPSA) is 47.1 Å². The zero-order valence-electron chi connectivity index (χ0n) is 11.9. The first-order valence-corrected chi connectivity index (χ1v) is 7.17. The standard InChI is InChI=1S/C14H26N4/c1-4-7-14(15)10-17(11-14)9-13-8-12(5-2)16-18(13)6-3/h8H,4-7,9-11,15H2,1-3H3.